The van der Waals surface area contributed by atoms with E-state index in [0.29, 0.717) is 5.56 Å². The number of benzene rings is 7. The van der Waals surface area contributed by atoms with E-state index in [2.05, 4.69) is 178 Å². The molecule has 0 amide bonds. The lowest BCUT2D eigenvalue weighted by molar-refractivity contribution is -0.944. The van der Waals surface area contributed by atoms with E-state index in [-0.39, 0.29) is 5.82 Å². The highest BCUT2D eigenvalue weighted by Crippen LogP contribution is 2.53. The number of hydrogen-bond acceptors (Lipinski definition) is 1. The van der Waals surface area contributed by atoms with Crippen LogP contribution in [0.25, 0.3) is 83.6 Å². The van der Waals surface area contributed by atoms with Crippen LogP contribution in [0.1, 0.15) is 44.5 Å². The topological polar surface area (TPSA) is 25.8 Å². The molecule has 1 spiro atoms. The summed E-state index contributed by atoms with van der Waals surface area (Å²) in [6, 6.07) is 47.4. The fourth-order valence-electron chi connectivity index (χ4n) is 11.8. The maximum absolute atomic E-state index is 17.4. The number of imidazole rings is 1. The smallest absolute Gasteiger partial charge is 0.365 e. The van der Waals surface area contributed by atoms with E-state index in [0.717, 1.165) is 78.0 Å². The molecule has 1 unspecified atom stereocenters. The van der Waals surface area contributed by atoms with Crippen molar-refractivity contribution in [2.24, 2.45) is 0 Å². The summed E-state index contributed by atoms with van der Waals surface area (Å²) in [6.07, 6.45) is 2.43. The van der Waals surface area contributed by atoms with E-state index in [1.807, 2.05) is 36.4 Å². The van der Waals surface area contributed by atoms with Crippen molar-refractivity contribution in [3.05, 3.63) is 190 Å². The first kappa shape index (κ1) is 38.8. The molecule has 7 aromatic carbocycles. The number of para-hydroxylation sites is 3. The van der Waals surface area contributed by atoms with Gasteiger partial charge in [0, 0.05) is 27.6 Å². The van der Waals surface area contributed by atoms with Crippen LogP contribution < -0.4 is 14.3 Å². The van der Waals surface area contributed by atoms with Crippen molar-refractivity contribution in [1.82, 2.24) is 4.57 Å². The van der Waals surface area contributed by atoms with Gasteiger partial charge in [-0.1, -0.05) is 104 Å². The highest BCUT2D eigenvalue weighted by Gasteiger charge is 2.67. The van der Waals surface area contributed by atoms with Gasteiger partial charge >= 0.3 is 11.5 Å². The Hall–Kier alpha value is -6.89. The zero-order chi connectivity index (χ0) is 44.1. The van der Waals surface area contributed by atoms with E-state index in [9.17, 15) is 0 Å². The third kappa shape index (κ3) is 5.09. The van der Waals surface area contributed by atoms with Crippen LogP contribution in [0.4, 0.5) is 4.39 Å². The van der Waals surface area contributed by atoms with Crippen LogP contribution in [0.5, 0.6) is 0 Å². The zero-order valence-corrected chi connectivity index (χ0v) is 38.9. The number of hydrogen-bond donors (Lipinski definition) is 0. The van der Waals surface area contributed by atoms with Gasteiger partial charge in [0.25, 0.3) is 0 Å². The number of rotatable bonds is 4. The number of furan rings is 1. The van der Waals surface area contributed by atoms with Gasteiger partial charge in [-0.25, -0.2) is 4.39 Å². The lowest BCUT2D eigenvalue weighted by atomic mass is 9.87. The van der Waals surface area contributed by atoms with E-state index >= 15 is 4.39 Å². The van der Waals surface area contributed by atoms with E-state index < -0.39 is 13.7 Å². The van der Waals surface area contributed by atoms with Crippen molar-refractivity contribution in [3.8, 4) is 50.6 Å². The van der Waals surface area contributed by atoms with Crippen LogP contribution in [0, 0.1) is 47.4 Å². The van der Waals surface area contributed by atoms with Crippen molar-refractivity contribution >= 4 is 46.2 Å². The van der Waals surface area contributed by atoms with Crippen LogP contribution >= 0.6 is 0 Å². The SMILES string of the molecule is Cc1cc(C)c(-c2ccc3oc4c5c(ccc4c3c2)C2(c3cc(F)c(-c4ccccc4)cc3-c3cc(C)c([Si](C)(C)C)c[n+]32)[n+]2c-5n(-c3c(C)cccc3C)c3ccccc32)c(C)c1. The molecule has 0 saturated carbocycles. The quantitative estimate of drug-likeness (QED) is 0.128. The molecule has 10 aromatic rings. The Bertz CT molecular complexity index is 3640. The first-order chi connectivity index (χ1) is 30.8. The molecular formula is C58H50FN3OSi+2. The third-order valence-corrected chi connectivity index (χ3v) is 16.4. The van der Waals surface area contributed by atoms with Crippen LogP contribution in [0.15, 0.2) is 144 Å². The average Bonchev–Trinajstić information content (AvgIpc) is 3.96. The maximum atomic E-state index is 17.4. The molecule has 0 aliphatic carbocycles. The summed E-state index contributed by atoms with van der Waals surface area (Å²) in [5.74, 6) is 0.769. The normalized spacial score (nSPS) is 15.1. The molecule has 3 aromatic heterocycles. The minimum atomic E-state index is -1.90. The third-order valence-electron chi connectivity index (χ3n) is 14.3. The molecule has 2 aliphatic rings. The molecule has 6 heteroatoms. The Morgan fingerprint density at radius 3 is 2.05 bits per heavy atom. The average molecular weight is 852 g/mol. The first-order valence-corrected chi connectivity index (χ1v) is 26.0. The largest absolute Gasteiger partial charge is 0.455 e. The second kappa shape index (κ2) is 13.3. The van der Waals surface area contributed by atoms with Crippen molar-refractivity contribution in [2.45, 2.75) is 66.8 Å². The number of aryl methyl sites for hydroxylation is 6. The van der Waals surface area contributed by atoms with Crippen LogP contribution in [-0.4, -0.2) is 12.6 Å². The molecule has 312 valence electrons. The Labute approximate surface area is 374 Å². The molecule has 2 aliphatic heterocycles. The molecular weight excluding hydrogens is 802 g/mol. The number of nitrogens with zero attached hydrogens (tertiary/aromatic N) is 3. The van der Waals surface area contributed by atoms with Gasteiger partial charge in [0.1, 0.15) is 22.7 Å². The standard InChI is InChI=1S/C58H50FN3OSi/c1-33-26-37(5)53(38(6)27-33)40-22-25-51-43(29-40)41-23-24-45-54(56(41)63-51)57-61(55-34(2)16-15-17-35(55)3)48-20-13-14-21-49(48)62(57)58(45)46-31-47(59)42(39-18-11-10-12-19-39)30-44(46)50-28-36(4)52(32-60(50)58)64(7,8)9/h10-32H,1-9H3/q+2. The number of pyridine rings is 1. The van der Waals surface area contributed by atoms with Crippen molar-refractivity contribution in [1.29, 1.82) is 0 Å². The van der Waals surface area contributed by atoms with Crippen LogP contribution in [0.3, 0.4) is 0 Å². The molecule has 0 radical (unpaired) electrons. The fraction of sp³-hybridized carbons (Fsp3) is 0.172. The monoisotopic (exact) mass is 851 g/mol. The molecule has 0 N–H and O–H groups in total. The van der Waals surface area contributed by atoms with Gasteiger partial charge in [0.05, 0.1) is 24.8 Å². The van der Waals surface area contributed by atoms with Gasteiger partial charge in [-0.2, -0.15) is 4.57 Å². The minimum absolute atomic E-state index is 0.243. The Kier molecular flexibility index (Phi) is 8.07. The lowest BCUT2D eigenvalue weighted by Gasteiger charge is -2.23. The number of aromatic nitrogens is 3. The van der Waals surface area contributed by atoms with Crippen molar-refractivity contribution in [3.63, 3.8) is 0 Å². The number of fused-ring (bicyclic) bond motifs is 16. The van der Waals surface area contributed by atoms with Gasteiger partial charge in [0.2, 0.25) is 5.69 Å². The summed E-state index contributed by atoms with van der Waals surface area (Å²) in [5, 5.41) is 3.51. The van der Waals surface area contributed by atoms with Crippen molar-refractivity contribution in [2.75, 3.05) is 0 Å². The van der Waals surface area contributed by atoms with Gasteiger partial charge < -0.3 is 4.42 Å². The maximum Gasteiger partial charge on any atom is 0.365 e. The molecule has 0 bridgehead atoms. The van der Waals surface area contributed by atoms with Crippen LogP contribution in [0.2, 0.25) is 19.6 Å². The number of halogens is 1. The molecule has 4 nitrogen and oxygen atoms in total. The summed E-state index contributed by atoms with van der Waals surface area (Å²) in [6.45, 7) is 20.5. The lowest BCUT2D eigenvalue weighted by Crippen LogP contribution is -2.72. The van der Waals surface area contributed by atoms with Crippen molar-refractivity contribution < 1.29 is 17.9 Å². The van der Waals surface area contributed by atoms with E-state index in [4.69, 9.17) is 4.42 Å². The second-order valence-corrected chi connectivity index (χ2v) is 24.5. The highest BCUT2D eigenvalue weighted by atomic mass is 28.3. The Morgan fingerprint density at radius 2 is 1.31 bits per heavy atom. The Balaban J connectivity index is 1.28. The van der Waals surface area contributed by atoms with Gasteiger partial charge in [-0.3, -0.25) is 0 Å². The molecule has 5 heterocycles. The fourth-order valence-corrected chi connectivity index (χ4v) is 13.6. The Morgan fingerprint density at radius 1 is 0.594 bits per heavy atom. The summed E-state index contributed by atoms with van der Waals surface area (Å²) < 4.78 is 32.1. The second-order valence-electron chi connectivity index (χ2n) is 19.5. The summed E-state index contributed by atoms with van der Waals surface area (Å²) in [7, 11) is -1.90. The van der Waals surface area contributed by atoms with Crippen LogP contribution in [-0.2, 0) is 5.66 Å². The van der Waals surface area contributed by atoms with Gasteiger partial charge in [0.15, 0.2) is 22.8 Å². The molecule has 12 rings (SSSR count). The highest BCUT2D eigenvalue weighted by molar-refractivity contribution is 6.88. The summed E-state index contributed by atoms with van der Waals surface area (Å²) in [4.78, 5) is 0. The van der Waals surface area contributed by atoms with E-state index in [1.54, 1.807) is 0 Å². The summed E-state index contributed by atoms with van der Waals surface area (Å²) in [5.41, 5.74) is 20.3. The minimum Gasteiger partial charge on any atom is -0.455 e. The zero-order valence-electron chi connectivity index (χ0n) is 37.9. The summed E-state index contributed by atoms with van der Waals surface area (Å²) >= 11 is 0. The predicted molar refractivity (Wildman–Crippen MR) is 262 cm³/mol. The molecule has 0 fully saturated rings. The first-order valence-electron chi connectivity index (χ1n) is 22.5. The molecule has 0 saturated heterocycles. The van der Waals surface area contributed by atoms with E-state index in [1.165, 1.54) is 49.7 Å². The van der Waals surface area contributed by atoms with Gasteiger partial charge in [-0.15, -0.1) is 9.13 Å². The van der Waals surface area contributed by atoms with Gasteiger partial charge in [-0.05, 0) is 135 Å². The predicted octanol–water partition coefficient (Wildman–Crippen LogP) is 13.2. The molecule has 1 atom stereocenters. The molecule has 64 heavy (non-hydrogen) atoms.